The number of nitrogens with two attached hydrogens (primary N) is 1. The van der Waals surface area contributed by atoms with Crippen LogP contribution >= 0.6 is 23.1 Å². The van der Waals surface area contributed by atoms with Gasteiger partial charge in [0.05, 0.1) is 33.5 Å². The number of alkyl halides is 3. The number of carbonyl (C=O) groups excluding carboxylic acids is 1. The van der Waals surface area contributed by atoms with Gasteiger partial charge in [0.25, 0.3) is 0 Å². The van der Waals surface area contributed by atoms with Crippen LogP contribution < -0.4 is 16.3 Å². The Labute approximate surface area is 240 Å². The number of hydrogen-bond acceptors (Lipinski definition) is 9. The number of aromatic nitrogens is 4. The molecule has 4 aromatic rings. The molecule has 2 N–H and O–H groups in total. The van der Waals surface area contributed by atoms with Gasteiger partial charge in [-0.25, -0.2) is 14.8 Å². The fourth-order valence-corrected chi connectivity index (χ4v) is 7.99. The molecule has 0 radical (unpaired) electrons. The third-order valence-corrected chi connectivity index (χ3v) is 9.72. The molecule has 214 valence electrons. The highest BCUT2D eigenvalue weighted by atomic mass is 32.2. The summed E-state index contributed by atoms with van der Waals surface area (Å²) in [6.45, 7) is 8.78. The minimum absolute atomic E-state index is 0.0201. The first-order valence-corrected chi connectivity index (χ1v) is 14.9. The zero-order valence-electron chi connectivity index (χ0n) is 22.2. The van der Waals surface area contributed by atoms with Crippen molar-refractivity contribution in [1.29, 1.82) is 0 Å². The molecular weight excluding hydrogens is 575 g/mol. The van der Waals surface area contributed by atoms with E-state index in [1.54, 1.807) is 19.7 Å². The van der Waals surface area contributed by atoms with E-state index >= 15 is 0 Å². The van der Waals surface area contributed by atoms with Crippen LogP contribution in [0.15, 0.2) is 40.0 Å². The third kappa shape index (κ3) is 4.53. The van der Waals surface area contributed by atoms with Crippen LogP contribution in [-0.2, 0) is 11.0 Å². The number of hydrogen-bond donors (Lipinski definition) is 1. The number of nitrogen functional groups attached to an aromatic ring is 1. The zero-order valence-corrected chi connectivity index (χ0v) is 23.9. The molecule has 5 heterocycles. The summed E-state index contributed by atoms with van der Waals surface area (Å²) in [6, 6.07) is 0.860. The molecular formula is C27H26F3N7O2S2. The SMILES string of the molecule is C=CC(=O)N1CCN(c2nc(=O)n3c4c(c(-c5csc6cnc(N)nc56)c(C(F)(F)F)cc24)SCC3C(C)C)CC1. The van der Waals surface area contributed by atoms with Gasteiger partial charge < -0.3 is 15.5 Å². The van der Waals surface area contributed by atoms with Crippen molar-refractivity contribution in [2.45, 2.75) is 31.0 Å². The first kappa shape index (κ1) is 27.5. The summed E-state index contributed by atoms with van der Waals surface area (Å²) in [6.07, 6.45) is -1.98. The Balaban J connectivity index is 1.66. The Bertz CT molecular complexity index is 1780. The lowest BCUT2D eigenvalue weighted by molar-refractivity contribution is -0.137. The maximum atomic E-state index is 14.9. The van der Waals surface area contributed by atoms with E-state index in [1.165, 1.54) is 35.4 Å². The molecule has 14 heteroatoms. The molecule has 1 fully saturated rings. The Morgan fingerprint density at radius 3 is 2.61 bits per heavy atom. The molecule has 0 saturated carbocycles. The van der Waals surface area contributed by atoms with Crippen molar-refractivity contribution in [3.63, 3.8) is 0 Å². The van der Waals surface area contributed by atoms with E-state index in [-0.39, 0.29) is 40.6 Å². The molecule has 1 saturated heterocycles. The highest BCUT2D eigenvalue weighted by Crippen LogP contribution is 2.52. The van der Waals surface area contributed by atoms with Gasteiger partial charge in [0.15, 0.2) is 0 Å². The zero-order chi connectivity index (χ0) is 29.2. The normalized spacial score (nSPS) is 17.6. The van der Waals surface area contributed by atoms with Crippen molar-refractivity contribution in [2.75, 3.05) is 42.6 Å². The maximum absolute atomic E-state index is 14.9. The van der Waals surface area contributed by atoms with Gasteiger partial charge in [-0.05, 0) is 18.1 Å². The number of halogens is 3. The van der Waals surface area contributed by atoms with Crippen molar-refractivity contribution < 1.29 is 18.0 Å². The molecule has 1 aromatic carbocycles. The largest absolute Gasteiger partial charge is 0.417 e. The predicted octanol–water partition coefficient (Wildman–Crippen LogP) is 4.81. The summed E-state index contributed by atoms with van der Waals surface area (Å²) in [7, 11) is 0. The van der Waals surface area contributed by atoms with E-state index in [0.717, 1.165) is 6.07 Å². The first-order valence-electron chi connectivity index (χ1n) is 13.0. The lowest BCUT2D eigenvalue weighted by Crippen LogP contribution is -2.49. The highest BCUT2D eigenvalue weighted by molar-refractivity contribution is 7.99. The molecule has 0 bridgehead atoms. The first-order chi connectivity index (χ1) is 19.5. The average Bonchev–Trinajstić information content (AvgIpc) is 3.35. The lowest BCUT2D eigenvalue weighted by atomic mass is 9.96. The van der Waals surface area contributed by atoms with Gasteiger partial charge in [-0.1, -0.05) is 20.4 Å². The number of benzene rings is 1. The number of thioether (sulfide) groups is 1. The minimum Gasteiger partial charge on any atom is -0.368 e. The van der Waals surface area contributed by atoms with Crippen LogP contribution in [-0.4, -0.2) is 62.3 Å². The van der Waals surface area contributed by atoms with Crippen LogP contribution in [0, 0.1) is 5.92 Å². The fourth-order valence-electron chi connectivity index (χ4n) is 5.56. The van der Waals surface area contributed by atoms with Crippen LogP contribution in [0.25, 0.3) is 32.2 Å². The van der Waals surface area contributed by atoms with Crippen molar-refractivity contribution in [2.24, 2.45) is 5.92 Å². The van der Waals surface area contributed by atoms with E-state index < -0.39 is 17.4 Å². The molecule has 2 aliphatic rings. The van der Waals surface area contributed by atoms with Gasteiger partial charge in [0.1, 0.15) is 5.82 Å². The van der Waals surface area contributed by atoms with Crippen LogP contribution in [0.5, 0.6) is 0 Å². The summed E-state index contributed by atoms with van der Waals surface area (Å²) in [4.78, 5) is 42.2. The molecule has 1 unspecified atom stereocenters. The second kappa shape index (κ2) is 10.0. The molecule has 6 rings (SSSR count). The van der Waals surface area contributed by atoms with Gasteiger partial charge in [0, 0.05) is 58.7 Å². The molecule has 41 heavy (non-hydrogen) atoms. The Hall–Kier alpha value is -3.65. The number of nitrogens with zero attached hydrogens (tertiary/aromatic N) is 6. The fraction of sp³-hybridized carbons (Fsp3) is 0.370. The highest BCUT2D eigenvalue weighted by Gasteiger charge is 2.40. The van der Waals surface area contributed by atoms with Gasteiger partial charge in [-0.15, -0.1) is 23.1 Å². The van der Waals surface area contributed by atoms with Gasteiger partial charge >= 0.3 is 11.9 Å². The van der Waals surface area contributed by atoms with Crippen molar-refractivity contribution in [3.05, 3.63) is 46.3 Å². The summed E-state index contributed by atoms with van der Waals surface area (Å²) >= 11 is 2.55. The molecule has 9 nitrogen and oxygen atoms in total. The van der Waals surface area contributed by atoms with Crippen molar-refractivity contribution in [3.8, 4) is 11.1 Å². The number of anilines is 2. The molecule has 0 aliphatic carbocycles. The Morgan fingerprint density at radius 1 is 1.22 bits per heavy atom. The second-order valence-corrected chi connectivity index (χ2v) is 12.3. The van der Waals surface area contributed by atoms with E-state index in [4.69, 9.17) is 5.73 Å². The van der Waals surface area contributed by atoms with E-state index in [0.29, 0.717) is 58.1 Å². The summed E-state index contributed by atoms with van der Waals surface area (Å²) in [5, 5.41) is 1.90. The molecule has 3 aromatic heterocycles. The average molecular weight is 602 g/mol. The molecule has 1 amide bonds. The Kier molecular flexibility index (Phi) is 6.72. The van der Waals surface area contributed by atoms with Gasteiger partial charge in [-0.3, -0.25) is 9.36 Å². The number of thiophene rings is 1. The minimum atomic E-state index is -4.71. The Morgan fingerprint density at radius 2 is 1.95 bits per heavy atom. The van der Waals surface area contributed by atoms with E-state index in [2.05, 4.69) is 21.5 Å². The topological polar surface area (TPSA) is 110 Å². The van der Waals surface area contributed by atoms with E-state index in [1.807, 2.05) is 13.8 Å². The predicted molar refractivity (Wildman–Crippen MR) is 155 cm³/mol. The lowest BCUT2D eigenvalue weighted by Gasteiger charge is -2.37. The number of carbonyl (C=O) groups is 1. The second-order valence-electron chi connectivity index (χ2n) is 10.3. The quantitative estimate of drug-likeness (QED) is 0.332. The number of rotatable bonds is 4. The van der Waals surface area contributed by atoms with Crippen molar-refractivity contribution in [1.82, 2.24) is 24.4 Å². The molecule has 1 atom stereocenters. The van der Waals surface area contributed by atoms with Crippen LogP contribution in [0.2, 0.25) is 0 Å². The third-order valence-electron chi connectivity index (χ3n) is 7.62. The van der Waals surface area contributed by atoms with Crippen LogP contribution in [0.3, 0.4) is 0 Å². The summed E-state index contributed by atoms with van der Waals surface area (Å²) < 4.78 is 46.9. The van der Waals surface area contributed by atoms with Gasteiger partial charge in [0.2, 0.25) is 11.9 Å². The van der Waals surface area contributed by atoms with Crippen LogP contribution in [0.1, 0.15) is 25.5 Å². The smallest absolute Gasteiger partial charge is 0.368 e. The van der Waals surface area contributed by atoms with Crippen LogP contribution in [0.4, 0.5) is 24.9 Å². The maximum Gasteiger partial charge on any atom is 0.417 e. The summed E-state index contributed by atoms with van der Waals surface area (Å²) in [5.41, 5.74) is 5.53. The van der Waals surface area contributed by atoms with E-state index in [9.17, 15) is 22.8 Å². The number of piperazine rings is 1. The monoisotopic (exact) mass is 601 g/mol. The summed E-state index contributed by atoms with van der Waals surface area (Å²) in [5.74, 6) is 0.388. The standard InChI is InChI=1S/C27H26F3N7O2S2/c1-4-19(38)35-5-7-36(8-6-35)24-14-9-16(27(28,29)30)20(15-11-40-18-10-32-25(31)33-21(15)18)23-22(14)37(26(39)34-24)17(12-41-23)13(2)3/h4,9-11,13,17H,1,5-8,12H2,2-3H3,(H2,31,32,33). The molecule has 0 spiro atoms. The molecule has 2 aliphatic heterocycles. The van der Waals surface area contributed by atoms with Gasteiger partial charge in [-0.2, -0.15) is 18.2 Å². The van der Waals surface area contributed by atoms with Crippen molar-refractivity contribution >= 4 is 61.9 Å². The number of fused-ring (bicyclic) bond motifs is 1. The number of amides is 1.